The molecule has 1 aromatic carbocycles. The van der Waals surface area contributed by atoms with Crippen molar-refractivity contribution < 1.29 is 4.79 Å². The van der Waals surface area contributed by atoms with Crippen LogP contribution in [0.15, 0.2) is 24.3 Å². The zero-order valence-electron chi connectivity index (χ0n) is 10.7. The van der Waals surface area contributed by atoms with E-state index >= 15 is 0 Å². The van der Waals surface area contributed by atoms with Gasteiger partial charge >= 0.3 is 0 Å². The maximum atomic E-state index is 11.8. The van der Waals surface area contributed by atoms with Gasteiger partial charge in [-0.25, -0.2) is 0 Å². The van der Waals surface area contributed by atoms with Crippen molar-refractivity contribution in [2.75, 3.05) is 0 Å². The number of rotatable bonds is 5. The highest BCUT2D eigenvalue weighted by Crippen LogP contribution is 2.08. The van der Waals surface area contributed by atoms with Crippen LogP contribution in [0.3, 0.4) is 0 Å². The second-order valence-corrected chi connectivity index (χ2v) is 5.33. The third-order valence-electron chi connectivity index (χ3n) is 2.70. The quantitative estimate of drug-likeness (QED) is 0.803. The van der Waals surface area contributed by atoms with E-state index in [1.54, 1.807) is 0 Å². The molecule has 1 amide bonds. The van der Waals surface area contributed by atoms with E-state index in [1.165, 1.54) is 0 Å². The Balaban J connectivity index is 2.47. The van der Waals surface area contributed by atoms with Crippen LogP contribution in [0.4, 0.5) is 0 Å². The molecule has 0 saturated heterocycles. The first-order valence-corrected chi connectivity index (χ1v) is 6.40. The summed E-state index contributed by atoms with van der Waals surface area (Å²) in [5.74, 6) is 0.0594. The third kappa shape index (κ3) is 5.22. The van der Waals surface area contributed by atoms with Crippen LogP contribution >= 0.6 is 11.6 Å². The van der Waals surface area contributed by atoms with Gasteiger partial charge in [0.25, 0.3) is 0 Å². The number of amides is 1. The lowest BCUT2D eigenvalue weighted by atomic mass is 10.1. The number of alkyl halides is 1. The van der Waals surface area contributed by atoms with Crippen molar-refractivity contribution in [2.45, 2.75) is 45.0 Å². The third-order valence-corrected chi connectivity index (χ3v) is 2.88. The van der Waals surface area contributed by atoms with Crippen LogP contribution in [-0.2, 0) is 11.2 Å². The number of hydrogen-bond acceptors (Lipinski definition) is 1. The molecule has 0 fully saturated rings. The standard InChI is InChI=1S/C14H20ClNO/c1-10-6-4-5-7-13(10)9-14(17)16-12(3)8-11(2)15/h4-7,11-12H,8-9H2,1-3H3,(H,16,17). The predicted molar refractivity (Wildman–Crippen MR) is 72.4 cm³/mol. The van der Waals surface area contributed by atoms with Crippen molar-refractivity contribution in [1.82, 2.24) is 5.32 Å². The van der Waals surface area contributed by atoms with Crippen LogP contribution in [0.25, 0.3) is 0 Å². The van der Waals surface area contributed by atoms with Crippen LogP contribution in [0.5, 0.6) is 0 Å². The second-order valence-electron chi connectivity index (χ2n) is 4.59. The fraction of sp³-hybridized carbons (Fsp3) is 0.500. The first-order chi connectivity index (χ1) is 7.99. The van der Waals surface area contributed by atoms with Gasteiger partial charge in [0, 0.05) is 11.4 Å². The minimum absolute atomic E-state index is 0.0594. The molecule has 1 aromatic rings. The topological polar surface area (TPSA) is 29.1 Å². The molecule has 0 aromatic heterocycles. The van der Waals surface area contributed by atoms with Gasteiger partial charge in [-0.05, 0) is 38.3 Å². The van der Waals surface area contributed by atoms with Crippen LogP contribution in [0.2, 0.25) is 0 Å². The first kappa shape index (κ1) is 14.0. The van der Waals surface area contributed by atoms with Crippen LogP contribution in [0, 0.1) is 6.92 Å². The highest BCUT2D eigenvalue weighted by Gasteiger charge is 2.11. The zero-order valence-corrected chi connectivity index (χ0v) is 11.4. The summed E-state index contributed by atoms with van der Waals surface area (Å²) in [6.45, 7) is 5.94. The van der Waals surface area contributed by atoms with Crippen molar-refractivity contribution in [2.24, 2.45) is 0 Å². The molecule has 0 aliphatic heterocycles. The Bertz CT molecular complexity index is 376. The zero-order chi connectivity index (χ0) is 12.8. The lowest BCUT2D eigenvalue weighted by molar-refractivity contribution is -0.121. The van der Waals surface area contributed by atoms with Gasteiger partial charge < -0.3 is 5.32 Å². The van der Waals surface area contributed by atoms with E-state index in [-0.39, 0.29) is 17.3 Å². The molecule has 1 rings (SSSR count). The maximum absolute atomic E-state index is 11.8. The molecule has 2 nitrogen and oxygen atoms in total. The summed E-state index contributed by atoms with van der Waals surface area (Å²) in [6, 6.07) is 8.07. The van der Waals surface area contributed by atoms with Crippen molar-refractivity contribution >= 4 is 17.5 Å². The molecule has 1 N–H and O–H groups in total. The fourth-order valence-electron chi connectivity index (χ4n) is 1.85. The highest BCUT2D eigenvalue weighted by molar-refractivity contribution is 6.20. The molecule has 2 unspecified atom stereocenters. The summed E-state index contributed by atoms with van der Waals surface area (Å²) in [5, 5.41) is 3.05. The fourth-order valence-corrected chi connectivity index (χ4v) is 2.12. The number of halogens is 1. The molecule has 94 valence electrons. The monoisotopic (exact) mass is 253 g/mol. The number of nitrogens with one attached hydrogen (secondary N) is 1. The first-order valence-electron chi connectivity index (χ1n) is 5.97. The van der Waals surface area contributed by atoms with Gasteiger partial charge in [0.1, 0.15) is 0 Å². The molecule has 0 radical (unpaired) electrons. The largest absolute Gasteiger partial charge is 0.353 e. The summed E-state index contributed by atoms with van der Waals surface area (Å²) >= 11 is 5.89. The summed E-state index contributed by atoms with van der Waals surface area (Å²) < 4.78 is 0. The van der Waals surface area contributed by atoms with Gasteiger partial charge in [-0.3, -0.25) is 4.79 Å². The van der Waals surface area contributed by atoms with E-state index in [0.717, 1.165) is 17.5 Å². The number of aryl methyl sites for hydroxylation is 1. The molecule has 0 heterocycles. The Kier molecular flexibility index (Phi) is 5.49. The number of carbonyl (C=O) groups excluding carboxylic acids is 1. The van der Waals surface area contributed by atoms with Crippen molar-refractivity contribution in [3.05, 3.63) is 35.4 Å². The summed E-state index contributed by atoms with van der Waals surface area (Å²) in [7, 11) is 0. The van der Waals surface area contributed by atoms with E-state index in [1.807, 2.05) is 45.0 Å². The normalized spacial score (nSPS) is 14.1. The highest BCUT2D eigenvalue weighted by atomic mass is 35.5. The second kappa shape index (κ2) is 6.65. The molecule has 3 heteroatoms. The Morgan fingerprint density at radius 3 is 2.59 bits per heavy atom. The Hall–Kier alpha value is -1.02. The predicted octanol–water partition coefficient (Wildman–Crippen LogP) is 3.06. The Morgan fingerprint density at radius 1 is 1.35 bits per heavy atom. The summed E-state index contributed by atoms with van der Waals surface area (Å²) in [6.07, 6.45) is 1.23. The van der Waals surface area contributed by atoms with Crippen molar-refractivity contribution in [3.8, 4) is 0 Å². The van der Waals surface area contributed by atoms with Crippen LogP contribution in [0.1, 0.15) is 31.4 Å². The van der Waals surface area contributed by atoms with E-state index in [4.69, 9.17) is 11.6 Å². The average Bonchev–Trinajstić information content (AvgIpc) is 2.19. The maximum Gasteiger partial charge on any atom is 0.224 e. The van der Waals surface area contributed by atoms with E-state index in [2.05, 4.69) is 5.32 Å². The SMILES string of the molecule is Cc1ccccc1CC(=O)NC(C)CC(C)Cl. The van der Waals surface area contributed by atoms with E-state index in [9.17, 15) is 4.79 Å². The van der Waals surface area contributed by atoms with Gasteiger partial charge in [0.15, 0.2) is 0 Å². The summed E-state index contributed by atoms with van der Waals surface area (Å²) in [4.78, 5) is 11.8. The number of benzene rings is 1. The number of carbonyl (C=O) groups is 1. The average molecular weight is 254 g/mol. The molecule has 2 atom stereocenters. The molecule has 0 spiro atoms. The lowest BCUT2D eigenvalue weighted by Crippen LogP contribution is -2.35. The Labute approximate surface area is 108 Å². The van der Waals surface area contributed by atoms with Gasteiger partial charge in [0.2, 0.25) is 5.91 Å². The molecule has 0 aliphatic rings. The van der Waals surface area contributed by atoms with Crippen LogP contribution < -0.4 is 5.32 Å². The lowest BCUT2D eigenvalue weighted by Gasteiger charge is -2.15. The smallest absolute Gasteiger partial charge is 0.224 e. The minimum Gasteiger partial charge on any atom is -0.353 e. The van der Waals surface area contributed by atoms with Gasteiger partial charge in [-0.2, -0.15) is 0 Å². The number of hydrogen-bond donors (Lipinski definition) is 1. The van der Waals surface area contributed by atoms with Crippen molar-refractivity contribution in [3.63, 3.8) is 0 Å². The molecule has 0 bridgehead atoms. The van der Waals surface area contributed by atoms with Crippen molar-refractivity contribution in [1.29, 1.82) is 0 Å². The van der Waals surface area contributed by atoms with Gasteiger partial charge in [0.05, 0.1) is 6.42 Å². The molecule has 17 heavy (non-hydrogen) atoms. The van der Waals surface area contributed by atoms with E-state index < -0.39 is 0 Å². The summed E-state index contributed by atoms with van der Waals surface area (Å²) in [5.41, 5.74) is 2.23. The van der Waals surface area contributed by atoms with Gasteiger partial charge in [-0.1, -0.05) is 24.3 Å². The molecule has 0 saturated carbocycles. The van der Waals surface area contributed by atoms with Gasteiger partial charge in [-0.15, -0.1) is 11.6 Å². The van der Waals surface area contributed by atoms with Crippen LogP contribution in [-0.4, -0.2) is 17.3 Å². The minimum atomic E-state index is 0.0594. The molecular weight excluding hydrogens is 234 g/mol. The van der Waals surface area contributed by atoms with E-state index in [0.29, 0.717) is 6.42 Å². The Morgan fingerprint density at radius 2 is 2.00 bits per heavy atom. The molecular formula is C14H20ClNO. The molecule has 0 aliphatic carbocycles.